The van der Waals surface area contributed by atoms with Gasteiger partial charge >= 0.3 is 12.1 Å². The van der Waals surface area contributed by atoms with Crippen LogP contribution in [0.3, 0.4) is 0 Å². The van der Waals surface area contributed by atoms with Gasteiger partial charge in [0.1, 0.15) is 36.1 Å². The number of benzene rings is 6. The maximum atomic E-state index is 17.2. The van der Waals surface area contributed by atoms with Crippen LogP contribution in [-0.2, 0) is 64.8 Å². The van der Waals surface area contributed by atoms with E-state index in [1.54, 1.807) is 20.8 Å². The maximum Gasteiger partial charge on any atom is 0.408 e. The van der Waals surface area contributed by atoms with Gasteiger partial charge in [-0.2, -0.15) is 0 Å². The molecule has 21 nitrogen and oxygen atoms in total. The van der Waals surface area contributed by atoms with Crippen molar-refractivity contribution in [3.05, 3.63) is 215 Å². The topological polar surface area (TPSA) is 266 Å². The van der Waals surface area contributed by atoms with E-state index in [-0.39, 0.29) is 5.04 Å². The number of alkyl carbamates (subject to hydrolysis) is 1. The Morgan fingerprint density at radius 3 is 0.528 bits per heavy atom. The van der Waals surface area contributed by atoms with Gasteiger partial charge in [0, 0.05) is 0 Å². The molecular weight excluding hydrogens is 1650 g/mol. The SMILES string of the molecule is COC(=O)[C@H](O[Si](C)(C)C(C)(C)C)[C@@H](NC(=O)[C@H](O[Si](C)(C)C(C)(C)C)[C@@H](NC(=O)[C@H](O[Si](C)(C)C(C)(C)C)[C@@H](NC(=O)[C@H](O[Si](C)(C)C(C)(C)C)[C@@H](NC(=O)[C@H](O[Si](C)(C)C(C)(C)C)[C@@H](NC(=O)[C@H](O[Si](C)(C)C(C)(C)C)[C@@H](NC(=O)OC(C)(C)C)c1ccccc1)c1ccccc1)c1ccccc1)c1ccccc1)c1ccccc1)c1ccccc1. The van der Waals surface area contributed by atoms with Gasteiger partial charge in [-0.25, -0.2) is 9.59 Å². The monoisotopic (exact) mass is 1790 g/mol. The fourth-order valence-electron chi connectivity index (χ4n) is 12.3. The maximum absolute atomic E-state index is 17.2. The van der Waals surface area contributed by atoms with Crippen LogP contribution in [0.15, 0.2) is 182 Å². The molecule has 0 aliphatic heterocycles. The van der Waals surface area contributed by atoms with E-state index in [4.69, 9.17) is 36.0 Å². The number of carbonyl (C=O) groups is 7. The Hall–Kier alpha value is -7.53. The number of amides is 6. The van der Waals surface area contributed by atoms with E-state index in [1.807, 2.05) is 261 Å². The van der Waals surface area contributed by atoms with Crippen LogP contribution in [0.5, 0.6) is 0 Å². The standard InChI is InChI=1S/C96H150N6O15Si6/c1-90(2,3)111-89(109)102-75(69-61-49-39-50-62-69)81(116-122(31,32)95(16,17)18)87(107)100-73(67-57-45-37-46-58-67)79(114-120(27,28)93(10,11)12)85(105)98-71(65-53-41-35-42-54-65)77(112-118(23,24)91(4,5)6)83(103)97-72(66-55-43-36-44-56-66)78(113-119(25,26)92(7,8)9)84(104)99-74(68-59-47-38-48-60-68)80(115-121(29,30)94(13,14)15)86(106)101-76(70-63-51-40-52-64-70)82(88(108)110-22)117-123(33,34)96(19,20)21/h35-64,71-82H,1-34H3,(H,97,103)(H,98,105)(H,99,104)(H,100,107)(H,101,106)(H,102,109)/t71-,72-,73-,74-,75-,76-,77+,78+,79+,80+,81+,82+/m0/s1. The fourth-order valence-corrected chi connectivity index (χ4v) is 19.7. The zero-order chi connectivity index (χ0) is 93.0. The van der Waals surface area contributed by atoms with Crippen molar-refractivity contribution in [3.8, 4) is 0 Å². The molecule has 0 saturated carbocycles. The van der Waals surface area contributed by atoms with Gasteiger partial charge in [0.2, 0.25) is 0 Å². The molecule has 6 rings (SSSR count). The summed E-state index contributed by atoms with van der Waals surface area (Å²) < 4.78 is 56.0. The molecule has 6 N–H and O–H groups in total. The predicted molar refractivity (Wildman–Crippen MR) is 510 cm³/mol. The fraction of sp³-hybridized carbons (Fsp3) is 0.552. The molecule has 6 aromatic rings. The molecule has 27 heteroatoms. The third kappa shape index (κ3) is 28.0. The molecule has 0 heterocycles. The number of ether oxygens (including phenoxy) is 2. The van der Waals surface area contributed by atoms with E-state index in [0.29, 0.717) is 33.4 Å². The van der Waals surface area contributed by atoms with Gasteiger partial charge < -0.3 is 67.9 Å². The smallest absolute Gasteiger partial charge is 0.408 e. The first-order valence-electron chi connectivity index (χ1n) is 43.2. The molecule has 0 fully saturated rings. The lowest BCUT2D eigenvalue weighted by atomic mass is 9.95. The van der Waals surface area contributed by atoms with Gasteiger partial charge in [0.15, 0.2) is 56.0 Å². The highest BCUT2D eigenvalue weighted by Crippen LogP contribution is 2.47. The van der Waals surface area contributed by atoms with Crippen LogP contribution >= 0.6 is 0 Å². The Labute approximate surface area is 743 Å². The van der Waals surface area contributed by atoms with Crippen LogP contribution in [-0.4, -0.2) is 141 Å². The van der Waals surface area contributed by atoms with Crippen LogP contribution < -0.4 is 31.9 Å². The van der Waals surface area contributed by atoms with Crippen molar-refractivity contribution in [2.24, 2.45) is 0 Å². The number of hydrogen-bond acceptors (Lipinski definition) is 15. The summed E-state index contributed by atoms with van der Waals surface area (Å²) in [6, 6.07) is 47.1. The third-order valence-electron chi connectivity index (χ3n) is 26.0. The number of esters is 1. The van der Waals surface area contributed by atoms with Crippen molar-refractivity contribution in [2.45, 2.75) is 333 Å². The van der Waals surface area contributed by atoms with Crippen LogP contribution in [0, 0.1) is 0 Å². The molecule has 0 unspecified atom stereocenters. The van der Waals surface area contributed by atoms with E-state index in [2.05, 4.69) is 157 Å². The minimum atomic E-state index is -3.23. The summed E-state index contributed by atoms with van der Waals surface area (Å²) in [5.74, 6) is -4.18. The number of methoxy groups -OCH3 is 1. The summed E-state index contributed by atoms with van der Waals surface area (Å²) in [6.45, 7) is 66.7. The normalized spacial score (nSPS) is 16.2. The zero-order valence-corrected chi connectivity index (χ0v) is 86.4. The molecule has 6 amide bonds. The van der Waals surface area contributed by atoms with Crippen LogP contribution in [0.4, 0.5) is 4.79 Å². The van der Waals surface area contributed by atoms with Crippen LogP contribution in [0.1, 0.15) is 215 Å². The van der Waals surface area contributed by atoms with E-state index < -0.39 is 195 Å². The molecule has 123 heavy (non-hydrogen) atoms. The molecular formula is C96H150N6O15Si6. The first kappa shape index (κ1) is 104. The number of nitrogens with one attached hydrogen (secondary N) is 6. The van der Waals surface area contributed by atoms with Crippen molar-refractivity contribution in [2.75, 3.05) is 7.11 Å². The van der Waals surface area contributed by atoms with Gasteiger partial charge in [0.25, 0.3) is 29.5 Å². The Kier molecular flexibility index (Phi) is 34.8. The van der Waals surface area contributed by atoms with Crippen molar-refractivity contribution in [1.29, 1.82) is 0 Å². The van der Waals surface area contributed by atoms with Gasteiger partial charge in [-0.1, -0.05) is 307 Å². The van der Waals surface area contributed by atoms with Crippen molar-refractivity contribution in [1.82, 2.24) is 31.9 Å². The summed E-state index contributed by atoms with van der Waals surface area (Å²) in [5, 5.41) is 16.9. The molecule has 0 spiro atoms. The van der Waals surface area contributed by atoms with Crippen molar-refractivity contribution < 1.29 is 69.6 Å². The van der Waals surface area contributed by atoms with E-state index >= 15 is 24.0 Å². The molecule has 0 saturated heterocycles. The summed E-state index contributed by atoms with van der Waals surface area (Å²) >= 11 is 0. The van der Waals surface area contributed by atoms with Crippen molar-refractivity contribution >= 4 is 91.5 Å². The minimum absolute atomic E-state index is 0.383. The van der Waals surface area contributed by atoms with Gasteiger partial charge in [-0.3, -0.25) is 24.0 Å². The second kappa shape index (κ2) is 41.1. The Bertz CT molecular complexity index is 4420. The minimum Gasteiger partial charge on any atom is -0.467 e. The summed E-state index contributed by atoms with van der Waals surface area (Å²) in [7, 11) is -17.3. The Morgan fingerprint density at radius 1 is 0.236 bits per heavy atom. The number of hydrogen-bond donors (Lipinski definition) is 6. The van der Waals surface area contributed by atoms with Crippen LogP contribution in [0.25, 0.3) is 0 Å². The molecule has 0 aliphatic rings. The quantitative estimate of drug-likeness (QED) is 0.0158. The van der Waals surface area contributed by atoms with E-state index in [0.717, 1.165) is 0 Å². The summed E-state index contributed by atoms with van der Waals surface area (Å²) in [4.78, 5) is 113. The molecule has 0 aliphatic carbocycles. The lowest BCUT2D eigenvalue weighted by molar-refractivity contribution is -0.152. The predicted octanol–water partition coefficient (Wildman–Crippen LogP) is 21.1. The highest BCUT2D eigenvalue weighted by atomic mass is 28.4. The van der Waals surface area contributed by atoms with Gasteiger partial charge in [-0.15, -0.1) is 0 Å². The second-order valence-electron chi connectivity index (χ2n) is 42.8. The average Bonchev–Trinajstić information content (AvgIpc) is 0.779. The molecule has 0 aromatic heterocycles. The molecule has 0 radical (unpaired) electrons. The molecule has 0 bridgehead atoms. The summed E-state index contributed by atoms with van der Waals surface area (Å²) in [5.41, 5.74) is 2.12. The van der Waals surface area contributed by atoms with Gasteiger partial charge in [-0.05, 0) is 163 Å². The lowest BCUT2D eigenvalue weighted by Crippen LogP contribution is -2.60. The first-order valence-corrected chi connectivity index (χ1v) is 60.7. The molecule has 6 aromatic carbocycles. The second-order valence-corrected chi connectivity index (χ2v) is 71.4. The average molecular weight is 1800 g/mol. The Balaban J connectivity index is 1.66. The highest BCUT2D eigenvalue weighted by molar-refractivity contribution is 6.76. The Morgan fingerprint density at radius 2 is 0.382 bits per heavy atom. The number of carbonyl (C=O) groups excluding carboxylic acids is 7. The number of rotatable bonds is 36. The zero-order valence-electron chi connectivity index (χ0n) is 80.4. The van der Waals surface area contributed by atoms with E-state index in [9.17, 15) is 9.59 Å². The van der Waals surface area contributed by atoms with Gasteiger partial charge in [0.05, 0.1) is 43.4 Å². The summed E-state index contributed by atoms with van der Waals surface area (Å²) in [6.07, 6.45) is -9.84. The van der Waals surface area contributed by atoms with E-state index in [1.165, 1.54) is 7.11 Å². The first-order chi connectivity index (χ1) is 56.3. The lowest BCUT2D eigenvalue weighted by Gasteiger charge is -2.44. The third-order valence-corrected chi connectivity index (χ3v) is 52.8. The molecule has 12 atom stereocenters. The van der Waals surface area contributed by atoms with Crippen molar-refractivity contribution in [3.63, 3.8) is 0 Å². The largest absolute Gasteiger partial charge is 0.467 e. The highest BCUT2D eigenvalue weighted by Gasteiger charge is 2.54. The molecule has 678 valence electrons. The van der Waals surface area contributed by atoms with Crippen LogP contribution in [0.2, 0.25) is 109 Å².